The number of hydrogen-bond donors (Lipinski definition) is 1. The highest BCUT2D eigenvalue weighted by molar-refractivity contribution is 5.80. The molecule has 1 N–H and O–H groups in total. The average Bonchev–Trinajstić information content (AvgIpc) is 2.57. The Morgan fingerprint density at radius 2 is 1.12 bits per heavy atom. The van der Waals surface area contributed by atoms with Crippen LogP contribution in [0.4, 0.5) is 0 Å². The van der Waals surface area contributed by atoms with Crippen LogP contribution < -0.4 is 5.32 Å². The monoisotopic (exact) mass is 361 g/mol. The molecule has 148 valence electrons. The van der Waals surface area contributed by atoms with Crippen LogP contribution in [0.25, 0.3) is 0 Å². The summed E-state index contributed by atoms with van der Waals surface area (Å²) in [5.41, 5.74) is 0. The van der Waals surface area contributed by atoms with Crippen LogP contribution in [0, 0.1) is 11.8 Å². The second kappa shape index (κ2) is 16.4. The van der Waals surface area contributed by atoms with E-state index in [0.717, 1.165) is 0 Å². The molecule has 1 amide bonds. The Bertz CT molecular complexity index is 314. The first kappa shape index (κ1) is 24.0. The first-order chi connectivity index (χ1) is 11.9. The summed E-state index contributed by atoms with van der Waals surface area (Å²) in [6.07, 6.45) is 0.460. The van der Waals surface area contributed by atoms with E-state index >= 15 is 0 Å². The van der Waals surface area contributed by atoms with Crippen LogP contribution >= 0.6 is 0 Å². The molecule has 0 aliphatic carbocycles. The molecule has 0 saturated carbocycles. The minimum absolute atomic E-state index is 0.00346. The lowest BCUT2D eigenvalue weighted by Gasteiger charge is -2.09. The number of carbonyl (C=O) groups is 2. The average molecular weight is 361 g/mol. The molecule has 0 aliphatic heterocycles. The highest BCUT2D eigenvalue weighted by Crippen LogP contribution is 1.98. The molecule has 0 spiro atoms. The summed E-state index contributed by atoms with van der Waals surface area (Å²) in [6, 6.07) is 0. The number of ether oxygens (including phenoxy) is 4. The quantitative estimate of drug-likeness (QED) is 0.395. The molecule has 0 bridgehead atoms. The smallest absolute Gasteiger partial charge is 0.222 e. The molecule has 0 heterocycles. The lowest BCUT2D eigenvalue weighted by molar-refractivity contribution is -0.124. The van der Waals surface area contributed by atoms with Crippen LogP contribution in [0.1, 0.15) is 34.1 Å². The number of Topliss-reactive ketones (excluding diaryl/α,β-unsaturated/α-hetero) is 1. The molecule has 0 unspecified atom stereocenters. The van der Waals surface area contributed by atoms with Gasteiger partial charge >= 0.3 is 0 Å². The summed E-state index contributed by atoms with van der Waals surface area (Å²) in [7, 11) is 0. The second-order valence-electron chi connectivity index (χ2n) is 6.27. The van der Waals surface area contributed by atoms with E-state index < -0.39 is 0 Å². The molecule has 0 aromatic rings. The van der Waals surface area contributed by atoms with Gasteiger partial charge in [0.25, 0.3) is 0 Å². The van der Waals surface area contributed by atoms with Gasteiger partial charge in [0.2, 0.25) is 5.91 Å². The Morgan fingerprint density at radius 3 is 1.56 bits per heavy atom. The van der Waals surface area contributed by atoms with Crippen LogP contribution in [0.2, 0.25) is 0 Å². The van der Waals surface area contributed by atoms with Crippen molar-refractivity contribution in [3.05, 3.63) is 0 Å². The molecule has 7 heteroatoms. The van der Waals surface area contributed by atoms with Gasteiger partial charge in [-0.2, -0.15) is 0 Å². The van der Waals surface area contributed by atoms with E-state index in [2.05, 4.69) is 5.32 Å². The minimum atomic E-state index is -0.00346. The van der Waals surface area contributed by atoms with Gasteiger partial charge in [-0.15, -0.1) is 0 Å². The summed E-state index contributed by atoms with van der Waals surface area (Å²) in [5, 5.41) is 2.78. The van der Waals surface area contributed by atoms with E-state index in [0.29, 0.717) is 65.8 Å². The minimum Gasteiger partial charge on any atom is -0.379 e. The standard InChI is InChI=1S/C18H35NO6/c1-15(2)17(20)5-7-22-9-11-24-13-14-25-12-10-23-8-6-19-18(21)16(3)4/h15-16H,5-14H2,1-4H3,(H,19,21). The van der Waals surface area contributed by atoms with Gasteiger partial charge in [0.05, 0.1) is 52.9 Å². The number of nitrogens with one attached hydrogen (secondary N) is 1. The molecule has 0 radical (unpaired) electrons. The van der Waals surface area contributed by atoms with Gasteiger partial charge in [0, 0.05) is 24.8 Å². The molecule has 0 aliphatic rings. The first-order valence-electron chi connectivity index (χ1n) is 9.06. The Kier molecular flexibility index (Phi) is 15.8. The number of hydrogen-bond acceptors (Lipinski definition) is 6. The number of ketones is 1. The van der Waals surface area contributed by atoms with Crippen molar-refractivity contribution >= 4 is 11.7 Å². The Labute approximate surface area is 151 Å². The van der Waals surface area contributed by atoms with Crippen molar-refractivity contribution in [3.8, 4) is 0 Å². The van der Waals surface area contributed by atoms with Gasteiger partial charge < -0.3 is 24.3 Å². The zero-order valence-electron chi connectivity index (χ0n) is 16.2. The van der Waals surface area contributed by atoms with Crippen molar-refractivity contribution in [1.29, 1.82) is 0 Å². The molecular formula is C18H35NO6. The van der Waals surface area contributed by atoms with Crippen LogP contribution in [0.5, 0.6) is 0 Å². The van der Waals surface area contributed by atoms with E-state index in [9.17, 15) is 9.59 Å². The van der Waals surface area contributed by atoms with Crippen molar-refractivity contribution in [2.45, 2.75) is 34.1 Å². The van der Waals surface area contributed by atoms with Gasteiger partial charge in [-0.3, -0.25) is 9.59 Å². The Morgan fingerprint density at radius 1 is 0.680 bits per heavy atom. The molecule has 0 rings (SSSR count). The van der Waals surface area contributed by atoms with E-state index in [1.807, 2.05) is 27.7 Å². The van der Waals surface area contributed by atoms with Crippen molar-refractivity contribution in [1.82, 2.24) is 5.32 Å². The maximum Gasteiger partial charge on any atom is 0.222 e. The number of carbonyl (C=O) groups excluding carboxylic acids is 2. The van der Waals surface area contributed by atoms with Crippen molar-refractivity contribution in [2.75, 3.05) is 59.4 Å². The van der Waals surface area contributed by atoms with Gasteiger partial charge in [0.15, 0.2) is 0 Å². The summed E-state index contributed by atoms with van der Waals surface area (Å²) in [4.78, 5) is 22.7. The van der Waals surface area contributed by atoms with Gasteiger partial charge in [-0.1, -0.05) is 27.7 Å². The maximum absolute atomic E-state index is 11.4. The molecule has 0 aromatic heterocycles. The predicted molar refractivity (Wildman–Crippen MR) is 95.6 cm³/mol. The van der Waals surface area contributed by atoms with E-state index in [4.69, 9.17) is 18.9 Å². The number of rotatable bonds is 17. The molecule has 0 fully saturated rings. The summed E-state index contributed by atoms with van der Waals surface area (Å²) in [5.74, 6) is 0.322. The fourth-order valence-corrected chi connectivity index (χ4v) is 1.67. The lowest BCUT2D eigenvalue weighted by Crippen LogP contribution is -2.31. The highest BCUT2D eigenvalue weighted by Gasteiger charge is 2.06. The SMILES string of the molecule is CC(C)C(=O)CCOCCOCCOCCOCCNC(=O)C(C)C. The molecule has 7 nitrogen and oxygen atoms in total. The van der Waals surface area contributed by atoms with E-state index in [-0.39, 0.29) is 23.5 Å². The van der Waals surface area contributed by atoms with Crippen LogP contribution in [0.15, 0.2) is 0 Å². The summed E-state index contributed by atoms with van der Waals surface area (Å²) < 4.78 is 21.4. The molecule has 0 saturated heterocycles. The van der Waals surface area contributed by atoms with E-state index in [1.54, 1.807) is 0 Å². The fraction of sp³-hybridized carbons (Fsp3) is 0.889. The molecule has 25 heavy (non-hydrogen) atoms. The van der Waals surface area contributed by atoms with Gasteiger partial charge in [-0.25, -0.2) is 0 Å². The molecule has 0 aromatic carbocycles. The summed E-state index contributed by atoms with van der Waals surface area (Å²) in [6.45, 7) is 11.9. The second-order valence-corrected chi connectivity index (χ2v) is 6.27. The molecule has 0 atom stereocenters. The fourth-order valence-electron chi connectivity index (χ4n) is 1.67. The Hall–Kier alpha value is -1.02. The third-order valence-corrected chi connectivity index (χ3v) is 3.32. The summed E-state index contributed by atoms with van der Waals surface area (Å²) >= 11 is 0. The topological polar surface area (TPSA) is 83.1 Å². The van der Waals surface area contributed by atoms with Crippen molar-refractivity contribution in [2.24, 2.45) is 11.8 Å². The highest BCUT2D eigenvalue weighted by atomic mass is 16.6. The first-order valence-corrected chi connectivity index (χ1v) is 9.06. The van der Waals surface area contributed by atoms with E-state index in [1.165, 1.54) is 0 Å². The largest absolute Gasteiger partial charge is 0.379 e. The van der Waals surface area contributed by atoms with Crippen molar-refractivity contribution < 1.29 is 28.5 Å². The van der Waals surface area contributed by atoms with Crippen LogP contribution in [-0.2, 0) is 28.5 Å². The third-order valence-electron chi connectivity index (χ3n) is 3.32. The Balaban J connectivity index is 3.14. The maximum atomic E-state index is 11.4. The zero-order chi connectivity index (χ0) is 18.9. The van der Waals surface area contributed by atoms with Gasteiger partial charge in [-0.05, 0) is 0 Å². The normalized spacial score (nSPS) is 11.3. The number of amides is 1. The molecular weight excluding hydrogens is 326 g/mol. The van der Waals surface area contributed by atoms with Crippen molar-refractivity contribution in [3.63, 3.8) is 0 Å². The van der Waals surface area contributed by atoms with Gasteiger partial charge in [0.1, 0.15) is 5.78 Å². The third kappa shape index (κ3) is 16.2. The predicted octanol–water partition coefficient (Wildman–Crippen LogP) is 1.44. The van der Waals surface area contributed by atoms with Crippen LogP contribution in [-0.4, -0.2) is 71.1 Å². The van der Waals surface area contributed by atoms with Crippen LogP contribution in [0.3, 0.4) is 0 Å². The zero-order valence-corrected chi connectivity index (χ0v) is 16.2. The lowest BCUT2D eigenvalue weighted by atomic mass is 10.1.